The quantitative estimate of drug-likeness (QED) is 0.593. The predicted octanol–water partition coefficient (Wildman–Crippen LogP) is 4.23. The maximum atomic E-state index is 13.4. The molecule has 130 valence electrons. The summed E-state index contributed by atoms with van der Waals surface area (Å²) in [6, 6.07) is 8.35. The molecule has 7 heteroatoms. The number of anilines is 1. The minimum Gasteiger partial charge on any atom is -0.452 e. The highest BCUT2D eigenvalue weighted by Crippen LogP contribution is 2.19. The standard InChI is InChI=1S/C18H14BrF2NO3/c1-11-2-3-12(14(19)8-11)4-7-18(24)25-10-17(23)22-16-6-5-13(20)9-15(16)21/h2-9H,10H2,1H3,(H,22,23)/b7-4+. The van der Waals surface area contributed by atoms with Gasteiger partial charge in [0.15, 0.2) is 6.61 Å². The molecule has 0 aliphatic rings. The zero-order chi connectivity index (χ0) is 18.4. The molecule has 0 aromatic heterocycles. The number of ether oxygens (including phenoxy) is 1. The smallest absolute Gasteiger partial charge is 0.331 e. The van der Waals surface area contributed by atoms with Crippen LogP contribution in [-0.2, 0) is 14.3 Å². The molecule has 1 amide bonds. The van der Waals surface area contributed by atoms with Gasteiger partial charge in [0.1, 0.15) is 11.6 Å². The lowest BCUT2D eigenvalue weighted by atomic mass is 10.1. The third kappa shape index (κ3) is 5.79. The van der Waals surface area contributed by atoms with Crippen molar-refractivity contribution in [1.29, 1.82) is 0 Å². The lowest BCUT2D eigenvalue weighted by molar-refractivity contribution is -0.142. The van der Waals surface area contributed by atoms with Crippen LogP contribution in [0.15, 0.2) is 46.9 Å². The predicted molar refractivity (Wildman–Crippen MR) is 93.9 cm³/mol. The average Bonchev–Trinajstić information content (AvgIpc) is 2.55. The van der Waals surface area contributed by atoms with Crippen LogP contribution in [0.1, 0.15) is 11.1 Å². The van der Waals surface area contributed by atoms with Gasteiger partial charge in [-0.05, 0) is 42.3 Å². The molecule has 0 saturated carbocycles. The first-order valence-electron chi connectivity index (χ1n) is 7.21. The molecule has 1 N–H and O–H groups in total. The summed E-state index contributed by atoms with van der Waals surface area (Å²) in [6.07, 6.45) is 2.73. The second kappa shape index (κ2) is 8.53. The molecule has 0 aliphatic heterocycles. The number of nitrogens with one attached hydrogen (secondary N) is 1. The van der Waals surface area contributed by atoms with Crippen molar-refractivity contribution in [1.82, 2.24) is 0 Å². The van der Waals surface area contributed by atoms with E-state index in [4.69, 9.17) is 4.74 Å². The summed E-state index contributed by atoms with van der Waals surface area (Å²) in [5, 5.41) is 2.19. The number of amides is 1. The van der Waals surface area contributed by atoms with E-state index in [1.165, 1.54) is 6.08 Å². The molecular weight excluding hydrogens is 396 g/mol. The summed E-state index contributed by atoms with van der Waals surface area (Å²) in [7, 11) is 0. The van der Waals surface area contributed by atoms with Gasteiger partial charge in [-0.1, -0.05) is 28.1 Å². The fraction of sp³-hybridized carbons (Fsp3) is 0.111. The molecule has 2 aromatic carbocycles. The Balaban J connectivity index is 1.86. The van der Waals surface area contributed by atoms with Crippen molar-refractivity contribution in [3.8, 4) is 0 Å². The van der Waals surface area contributed by atoms with Gasteiger partial charge in [-0.25, -0.2) is 13.6 Å². The number of halogens is 3. The molecule has 0 saturated heterocycles. The van der Waals surface area contributed by atoms with E-state index >= 15 is 0 Å². The van der Waals surface area contributed by atoms with Gasteiger partial charge in [-0.15, -0.1) is 0 Å². The van der Waals surface area contributed by atoms with Crippen molar-refractivity contribution in [3.63, 3.8) is 0 Å². The molecule has 25 heavy (non-hydrogen) atoms. The third-order valence-corrected chi connectivity index (χ3v) is 3.79. The topological polar surface area (TPSA) is 55.4 Å². The van der Waals surface area contributed by atoms with E-state index in [-0.39, 0.29) is 5.69 Å². The number of carbonyl (C=O) groups is 2. The van der Waals surface area contributed by atoms with Crippen LogP contribution in [0, 0.1) is 18.6 Å². The van der Waals surface area contributed by atoms with Gasteiger partial charge in [0.2, 0.25) is 0 Å². The van der Waals surface area contributed by atoms with Gasteiger partial charge in [-0.2, -0.15) is 0 Å². The first-order chi connectivity index (χ1) is 11.8. The number of esters is 1. The van der Waals surface area contributed by atoms with Crippen LogP contribution in [-0.4, -0.2) is 18.5 Å². The highest BCUT2D eigenvalue weighted by atomic mass is 79.9. The van der Waals surface area contributed by atoms with E-state index in [9.17, 15) is 18.4 Å². The Morgan fingerprint density at radius 2 is 1.96 bits per heavy atom. The SMILES string of the molecule is Cc1ccc(/C=C/C(=O)OCC(=O)Nc2ccc(F)cc2F)c(Br)c1. The summed E-state index contributed by atoms with van der Waals surface area (Å²) in [6.45, 7) is 1.35. The first kappa shape index (κ1) is 18.8. The Kier molecular flexibility index (Phi) is 6.41. The maximum Gasteiger partial charge on any atom is 0.331 e. The molecule has 0 radical (unpaired) electrons. The number of aryl methyl sites for hydroxylation is 1. The van der Waals surface area contributed by atoms with Crippen molar-refractivity contribution in [3.05, 3.63) is 69.7 Å². The van der Waals surface area contributed by atoms with Crippen molar-refractivity contribution in [2.75, 3.05) is 11.9 Å². The van der Waals surface area contributed by atoms with E-state index in [1.54, 1.807) is 6.08 Å². The van der Waals surface area contributed by atoms with Crippen molar-refractivity contribution in [2.45, 2.75) is 6.92 Å². The largest absolute Gasteiger partial charge is 0.452 e. The number of carbonyl (C=O) groups excluding carboxylic acids is 2. The van der Waals surface area contributed by atoms with Gasteiger partial charge in [0.05, 0.1) is 5.69 Å². The van der Waals surface area contributed by atoms with Gasteiger partial charge in [-0.3, -0.25) is 4.79 Å². The molecule has 0 fully saturated rings. The Morgan fingerprint density at radius 3 is 2.64 bits per heavy atom. The minimum atomic E-state index is -0.913. The number of hydrogen-bond acceptors (Lipinski definition) is 3. The number of hydrogen-bond donors (Lipinski definition) is 1. The monoisotopic (exact) mass is 409 g/mol. The van der Waals surface area contributed by atoms with Crippen LogP contribution in [0.3, 0.4) is 0 Å². The van der Waals surface area contributed by atoms with Crippen LogP contribution in [0.4, 0.5) is 14.5 Å². The van der Waals surface area contributed by atoms with E-state index in [2.05, 4.69) is 21.2 Å². The molecule has 2 aromatic rings. The maximum absolute atomic E-state index is 13.4. The highest BCUT2D eigenvalue weighted by molar-refractivity contribution is 9.10. The van der Waals surface area contributed by atoms with E-state index < -0.39 is 30.1 Å². The Bertz CT molecular complexity index is 837. The molecule has 0 aliphatic carbocycles. The second-order valence-corrected chi connectivity index (χ2v) is 5.99. The Morgan fingerprint density at radius 1 is 1.20 bits per heavy atom. The lowest BCUT2D eigenvalue weighted by Gasteiger charge is -2.06. The van der Waals surface area contributed by atoms with Crippen LogP contribution in [0.5, 0.6) is 0 Å². The van der Waals surface area contributed by atoms with E-state index in [0.29, 0.717) is 6.07 Å². The normalized spacial score (nSPS) is 10.7. The van der Waals surface area contributed by atoms with Gasteiger partial charge < -0.3 is 10.1 Å². The Hall–Kier alpha value is -2.54. The summed E-state index contributed by atoms with van der Waals surface area (Å²) in [4.78, 5) is 23.3. The summed E-state index contributed by atoms with van der Waals surface area (Å²) < 4.78 is 31.8. The molecule has 0 bridgehead atoms. The summed E-state index contributed by atoms with van der Waals surface area (Å²) >= 11 is 3.38. The fourth-order valence-corrected chi connectivity index (χ4v) is 2.51. The highest BCUT2D eigenvalue weighted by Gasteiger charge is 2.09. The lowest BCUT2D eigenvalue weighted by Crippen LogP contribution is -2.20. The molecule has 2 rings (SSSR count). The van der Waals surface area contributed by atoms with Crippen LogP contribution >= 0.6 is 15.9 Å². The Labute approximate surface area is 151 Å². The molecule has 0 unspecified atom stereocenters. The van der Waals surface area contributed by atoms with Crippen molar-refractivity contribution >= 4 is 39.6 Å². The van der Waals surface area contributed by atoms with Crippen LogP contribution in [0.2, 0.25) is 0 Å². The average molecular weight is 410 g/mol. The molecule has 4 nitrogen and oxygen atoms in total. The van der Waals surface area contributed by atoms with Crippen LogP contribution in [0.25, 0.3) is 6.08 Å². The zero-order valence-electron chi connectivity index (χ0n) is 13.2. The number of rotatable bonds is 5. The van der Waals surface area contributed by atoms with Crippen molar-refractivity contribution < 1.29 is 23.1 Å². The fourth-order valence-electron chi connectivity index (χ4n) is 1.89. The van der Waals surface area contributed by atoms with E-state index in [1.807, 2.05) is 25.1 Å². The van der Waals surface area contributed by atoms with Gasteiger partial charge >= 0.3 is 5.97 Å². The summed E-state index contributed by atoms with van der Waals surface area (Å²) in [5.41, 5.74) is 1.65. The second-order valence-electron chi connectivity index (χ2n) is 5.14. The van der Waals surface area contributed by atoms with Gasteiger partial charge in [0, 0.05) is 16.6 Å². The molecule has 0 atom stereocenters. The molecular formula is C18H14BrF2NO3. The summed E-state index contributed by atoms with van der Waals surface area (Å²) in [5.74, 6) is -3.12. The molecule has 0 spiro atoms. The zero-order valence-corrected chi connectivity index (χ0v) is 14.8. The van der Waals surface area contributed by atoms with E-state index in [0.717, 1.165) is 27.7 Å². The number of benzene rings is 2. The third-order valence-electron chi connectivity index (χ3n) is 3.11. The molecule has 0 heterocycles. The van der Waals surface area contributed by atoms with Crippen molar-refractivity contribution in [2.24, 2.45) is 0 Å². The van der Waals surface area contributed by atoms with Crippen LogP contribution < -0.4 is 5.32 Å². The first-order valence-corrected chi connectivity index (χ1v) is 8.00. The van der Waals surface area contributed by atoms with Gasteiger partial charge in [0.25, 0.3) is 5.91 Å². The minimum absolute atomic E-state index is 0.193.